The monoisotopic (exact) mass is 434 g/mol. The Kier molecular flexibility index (Phi) is 10.1. The number of benzene rings is 1. The first-order valence-electron chi connectivity index (χ1n) is 11.1. The Morgan fingerprint density at radius 3 is 2.06 bits per heavy atom. The normalized spacial score (nSPS) is 18.5. The fourth-order valence-electron chi connectivity index (χ4n) is 3.80. The first-order valence-corrected chi connectivity index (χ1v) is 11.1. The van der Waals surface area contributed by atoms with Gasteiger partial charge in [-0.3, -0.25) is 9.59 Å². The van der Waals surface area contributed by atoms with E-state index in [-0.39, 0.29) is 17.9 Å². The zero-order chi connectivity index (χ0) is 22.8. The highest BCUT2D eigenvalue weighted by atomic mass is 16.5. The standard InChI is InChI=1S/C23H38N4O4/c1-6-11-24-16-7-9-17(10-8-16)26-23(29)19-14-18(20(30-4)15-21(19)31-5)22(28)25-12-13-27(2)3/h14-17,24H,6-13H2,1-5H3,(H,25,28)(H,26,29). The minimum Gasteiger partial charge on any atom is -0.496 e. The fourth-order valence-corrected chi connectivity index (χ4v) is 3.80. The van der Waals surface area contributed by atoms with Crippen molar-refractivity contribution in [2.75, 3.05) is 47.9 Å². The first kappa shape index (κ1) is 24.9. The predicted molar refractivity (Wildman–Crippen MR) is 122 cm³/mol. The molecule has 0 bridgehead atoms. The molecule has 8 nitrogen and oxygen atoms in total. The molecule has 1 saturated carbocycles. The molecule has 0 heterocycles. The van der Waals surface area contributed by atoms with Gasteiger partial charge in [-0.05, 0) is 58.8 Å². The van der Waals surface area contributed by atoms with E-state index in [0.717, 1.165) is 38.6 Å². The molecule has 1 aromatic carbocycles. The molecule has 0 radical (unpaired) electrons. The summed E-state index contributed by atoms with van der Waals surface area (Å²) in [5, 5.41) is 9.55. The number of ether oxygens (including phenoxy) is 2. The molecule has 8 heteroatoms. The van der Waals surface area contributed by atoms with Crippen molar-refractivity contribution in [1.29, 1.82) is 0 Å². The van der Waals surface area contributed by atoms with Crippen LogP contribution in [0.1, 0.15) is 59.7 Å². The van der Waals surface area contributed by atoms with E-state index in [1.165, 1.54) is 14.2 Å². The van der Waals surface area contributed by atoms with Gasteiger partial charge in [0.1, 0.15) is 11.5 Å². The van der Waals surface area contributed by atoms with E-state index in [9.17, 15) is 9.59 Å². The SMILES string of the molecule is CCCNC1CCC(NC(=O)c2cc(C(=O)NCCN(C)C)c(OC)cc2OC)CC1. The van der Waals surface area contributed by atoms with Crippen LogP contribution < -0.4 is 25.4 Å². The summed E-state index contributed by atoms with van der Waals surface area (Å²) in [5.41, 5.74) is 0.659. The van der Waals surface area contributed by atoms with Crippen molar-refractivity contribution in [3.05, 3.63) is 23.3 Å². The number of amides is 2. The average molecular weight is 435 g/mol. The van der Waals surface area contributed by atoms with Gasteiger partial charge in [0.2, 0.25) is 0 Å². The Morgan fingerprint density at radius 1 is 0.935 bits per heavy atom. The minimum absolute atomic E-state index is 0.122. The van der Waals surface area contributed by atoms with Crippen molar-refractivity contribution in [3.8, 4) is 11.5 Å². The number of rotatable bonds is 11. The zero-order valence-corrected chi connectivity index (χ0v) is 19.5. The Morgan fingerprint density at radius 2 is 1.52 bits per heavy atom. The van der Waals surface area contributed by atoms with Gasteiger partial charge >= 0.3 is 0 Å². The molecule has 0 atom stereocenters. The summed E-state index contributed by atoms with van der Waals surface area (Å²) in [6.45, 7) is 4.41. The molecule has 31 heavy (non-hydrogen) atoms. The van der Waals surface area contributed by atoms with Gasteiger partial charge in [0.25, 0.3) is 11.8 Å². The van der Waals surface area contributed by atoms with Gasteiger partial charge < -0.3 is 30.3 Å². The Hall–Kier alpha value is -2.32. The van der Waals surface area contributed by atoms with E-state index < -0.39 is 0 Å². The summed E-state index contributed by atoms with van der Waals surface area (Å²) >= 11 is 0. The molecular weight excluding hydrogens is 396 g/mol. The van der Waals surface area contributed by atoms with E-state index in [1.54, 1.807) is 12.1 Å². The van der Waals surface area contributed by atoms with Crippen molar-refractivity contribution >= 4 is 11.8 Å². The van der Waals surface area contributed by atoms with Gasteiger partial charge in [0.15, 0.2) is 0 Å². The van der Waals surface area contributed by atoms with E-state index in [4.69, 9.17) is 9.47 Å². The molecule has 3 N–H and O–H groups in total. The minimum atomic E-state index is -0.280. The highest BCUT2D eigenvalue weighted by Gasteiger charge is 2.25. The number of carbonyl (C=O) groups is 2. The molecule has 0 aromatic heterocycles. The third kappa shape index (κ3) is 7.40. The highest BCUT2D eigenvalue weighted by Crippen LogP contribution is 2.30. The number of hydrogen-bond donors (Lipinski definition) is 3. The molecule has 0 unspecified atom stereocenters. The first-order chi connectivity index (χ1) is 14.9. The number of carbonyl (C=O) groups excluding carboxylic acids is 2. The van der Waals surface area contributed by atoms with Gasteiger partial charge in [-0.1, -0.05) is 6.92 Å². The molecule has 0 spiro atoms. The second-order valence-corrected chi connectivity index (χ2v) is 8.29. The van der Waals surface area contributed by atoms with Crippen molar-refractivity contribution in [1.82, 2.24) is 20.9 Å². The summed E-state index contributed by atoms with van der Waals surface area (Å²) in [6, 6.07) is 3.81. The number of hydrogen-bond acceptors (Lipinski definition) is 6. The average Bonchev–Trinajstić information content (AvgIpc) is 2.77. The summed E-state index contributed by atoms with van der Waals surface area (Å²) < 4.78 is 10.8. The summed E-state index contributed by atoms with van der Waals surface area (Å²) in [5.74, 6) is 0.250. The Bertz CT molecular complexity index is 731. The third-order valence-electron chi connectivity index (χ3n) is 5.60. The topological polar surface area (TPSA) is 91.9 Å². The van der Waals surface area contributed by atoms with Crippen LogP contribution in [0.25, 0.3) is 0 Å². The third-order valence-corrected chi connectivity index (χ3v) is 5.60. The maximum absolute atomic E-state index is 13.0. The van der Waals surface area contributed by atoms with E-state index in [1.807, 2.05) is 19.0 Å². The van der Waals surface area contributed by atoms with Gasteiger partial charge in [-0.2, -0.15) is 0 Å². The predicted octanol–water partition coefficient (Wildman–Crippen LogP) is 2.04. The van der Waals surface area contributed by atoms with Crippen LogP contribution in [0.3, 0.4) is 0 Å². The van der Waals surface area contributed by atoms with Gasteiger partial charge in [-0.15, -0.1) is 0 Å². The maximum atomic E-state index is 13.0. The van der Waals surface area contributed by atoms with Crippen LogP contribution in [0.4, 0.5) is 0 Å². The van der Waals surface area contributed by atoms with Crippen LogP contribution in [-0.2, 0) is 0 Å². The molecular formula is C23H38N4O4. The molecule has 174 valence electrons. The lowest BCUT2D eigenvalue weighted by molar-refractivity contribution is 0.0921. The lowest BCUT2D eigenvalue weighted by atomic mass is 9.91. The maximum Gasteiger partial charge on any atom is 0.255 e. The van der Waals surface area contributed by atoms with Crippen LogP contribution in [0, 0.1) is 0 Å². The lowest BCUT2D eigenvalue weighted by Crippen LogP contribution is -2.42. The Labute approximate surface area is 186 Å². The van der Waals surface area contributed by atoms with Crippen molar-refractivity contribution in [2.45, 2.75) is 51.1 Å². The number of likely N-dealkylation sites (N-methyl/N-ethyl adjacent to an activating group) is 1. The van der Waals surface area contributed by atoms with Crippen molar-refractivity contribution in [2.24, 2.45) is 0 Å². The molecule has 2 amide bonds. The molecule has 0 aliphatic heterocycles. The smallest absolute Gasteiger partial charge is 0.255 e. The quantitative estimate of drug-likeness (QED) is 0.494. The van der Waals surface area contributed by atoms with Crippen LogP contribution in [0.5, 0.6) is 11.5 Å². The summed E-state index contributed by atoms with van der Waals surface area (Å²) in [6.07, 6.45) is 5.08. The summed E-state index contributed by atoms with van der Waals surface area (Å²) in [4.78, 5) is 27.7. The molecule has 1 aromatic rings. The van der Waals surface area contributed by atoms with Gasteiger partial charge in [0, 0.05) is 31.2 Å². The van der Waals surface area contributed by atoms with Crippen LogP contribution in [-0.4, -0.2) is 76.7 Å². The second-order valence-electron chi connectivity index (χ2n) is 8.29. The van der Waals surface area contributed by atoms with Gasteiger partial charge in [-0.25, -0.2) is 0 Å². The van der Waals surface area contributed by atoms with Gasteiger partial charge in [0.05, 0.1) is 25.3 Å². The van der Waals surface area contributed by atoms with Crippen LogP contribution in [0.15, 0.2) is 12.1 Å². The molecule has 2 rings (SSSR count). The van der Waals surface area contributed by atoms with E-state index >= 15 is 0 Å². The highest BCUT2D eigenvalue weighted by molar-refractivity contribution is 6.03. The zero-order valence-electron chi connectivity index (χ0n) is 19.5. The van der Waals surface area contributed by atoms with E-state index in [0.29, 0.717) is 41.8 Å². The lowest BCUT2D eigenvalue weighted by Gasteiger charge is -2.30. The molecule has 1 fully saturated rings. The molecule has 1 aliphatic carbocycles. The Balaban J connectivity index is 2.09. The van der Waals surface area contributed by atoms with Crippen molar-refractivity contribution < 1.29 is 19.1 Å². The number of nitrogens with one attached hydrogen (secondary N) is 3. The van der Waals surface area contributed by atoms with E-state index in [2.05, 4.69) is 22.9 Å². The largest absolute Gasteiger partial charge is 0.496 e. The molecule has 0 saturated heterocycles. The number of nitrogens with zero attached hydrogens (tertiary/aromatic N) is 1. The van der Waals surface area contributed by atoms with Crippen LogP contribution in [0.2, 0.25) is 0 Å². The van der Waals surface area contributed by atoms with Crippen LogP contribution >= 0.6 is 0 Å². The molecule has 1 aliphatic rings. The number of methoxy groups -OCH3 is 2. The van der Waals surface area contributed by atoms with Crippen molar-refractivity contribution in [3.63, 3.8) is 0 Å². The second kappa shape index (κ2) is 12.5. The summed E-state index contributed by atoms with van der Waals surface area (Å²) in [7, 11) is 6.88. The fraction of sp³-hybridized carbons (Fsp3) is 0.652.